The Morgan fingerprint density at radius 2 is 1.75 bits per heavy atom. The third-order valence-corrected chi connectivity index (χ3v) is 3.96. The van der Waals surface area contributed by atoms with Crippen molar-refractivity contribution >= 4 is 23.2 Å². The lowest BCUT2D eigenvalue weighted by atomic mass is 10.1. The molecular weight excluding hydrogens is 302 g/mol. The van der Waals surface area contributed by atoms with E-state index < -0.39 is 0 Å². The number of benzene rings is 2. The van der Waals surface area contributed by atoms with Gasteiger partial charge in [-0.25, -0.2) is 0 Å². The van der Waals surface area contributed by atoms with Crippen molar-refractivity contribution in [2.45, 2.75) is 18.9 Å². The maximum atomic E-state index is 12.5. The molecule has 5 heteroatoms. The first-order valence-electron chi connectivity index (χ1n) is 8.03. The SMILES string of the molecule is CN(C)c1cccc(C(=O)Nc2ccccc2C(=O)NC2CC2)c1. The van der Waals surface area contributed by atoms with E-state index >= 15 is 0 Å². The van der Waals surface area contributed by atoms with Crippen LogP contribution < -0.4 is 15.5 Å². The summed E-state index contributed by atoms with van der Waals surface area (Å²) >= 11 is 0. The molecule has 1 aliphatic carbocycles. The first-order valence-corrected chi connectivity index (χ1v) is 8.03. The Morgan fingerprint density at radius 1 is 1.00 bits per heavy atom. The van der Waals surface area contributed by atoms with E-state index in [2.05, 4.69) is 10.6 Å². The van der Waals surface area contributed by atoms with Gasteiger partial charge in [-0.2, -0.15) is 0 Å². The number of anilines is 2. The lowest BCUT2D eigenvalue weighted by Crippen LogP contribution is -2.27. The zero-order valence-corrected chi connectivity index (χ0v) is 13.9. The van der Waals surface area contributed by atoms with E-state index in [1.807, 2.05) is 37.2 Å². The molecular formula is C19H21N3O2. The summed E-state index contributed by atoms with van der Waals surface area (Å²) in [7, 11) is 3.85. The van der Waals surface area contributed by atoms with Gasteiger partial charge in [-0.15, -0.1) is 0 Å². The van der Waals surface area contributed by atoms with Crippen molar-refractivity contribution in [2.75, 3.05) is 24.3 Å². The minimum absolute atomic E-state index is 0.143. The van der Waals surface area contributed by atoms with E-state index in [0.717, 1.165) is 18.5 Å². The number of carbonyl (C=O) groups excluding carboxylic acids is 2. The van der Waals surface area contributed by atoms with Crippen LogP contribution in [0.5, 0.6) is 0 Å². The first-order chi connectivity index (χ1) is 11.5. The summed E-state index contributed by atoms with van der Waals surface area (Å²) < 4.78 is 0. The van der Waals surface area contributed by atoms with Gasteiger partial charge in [0.2, 0.25) is 0 Å². The number of rotatable bonds is 5. The fourth-order valence-corrected chi connectivity index (χ4v) is 2.40. The monoisotopic (exact) mass is 323 g/mol. The van der Waals surface area contributed by atoms with Crippen LogP contribution in [0.25, 0.3) is 0 Å². The zero-order valence-electron chi connectivity index (χ0n) is 13.9. The normalized spacial score (nSPS) is 13.2. The Kier molecular flexibility index (Phi) is 4.51. The molecule has 1 aliphatic rings. The molecule has 2 N–H and O–H groups in total. The number of hydrogen-bond donors (Lipinski definition) is 2. The van der Waals surface area contributed by atoms with E-state index in [1.165, 1.54) is 0 Å². The van der Waals surface area contributed by atoms with Crippen LogP contribution in [0.4, 0.5) is 11.4 Å². The van der Waals surface area contributed by atoms with Crippen molar-refractivity contribution in [1.82, 2.24) is 5.32 Å². The van der Waals surface area contributed by atoms with Crippen LogP contribution in [0.1, 0.15) is 33.6 Å². The Balaban J connectivity index is 1.79. The number of nitrogens with one attached hydrogen (secondary N) is 2. The van der Waals surface area contributed by atoms with E-state index in [-0.39, 0.29) is 17.9 Å². The summed E-state index contributed by atoms with van der Waals surface area (Å²) in [6, 6.07) is 14.7. The summed E-state index contributed by atoms with van der Waals surface area (Å²) in [4.78, 5) is 26.8. The van der Waals surface area contributed by atoms with E-state index in [0.29, 0.717) is 16.8 Å². The van der Waals surface area contributed by atoms with Crippen LogP contribution in [0.2, 0.25) is 0 Å². The number of amides is 2. The summed E-state index contributed by atoms with van der Waals surface area (Å²) in [5.41, 5.74) is 2.51. The Bertz CT molecular complexity index is 767. The largest absolute Gasteiger partial charge is 0.378 e. The third kappa shape index (κ3) is 3.74. The van der Waals surface area contributed by atoms with Crippen molar-refractivity contribution < 1.29 is 9.59 Å². The zero-order chi connectivity index (χ0) is 17.1. The van der Waals surface area contributed by atoms with E-state index in [9.17, 15) is 9.59 Å². The maximum absolute atomic E-state index is 12.5. The van der Waals surface area contributed by atoms with Gasteiger partial charge < -0.3 is 15.5 Å². The molecule has 2 amide bonds. The summed E-state index contributed by atoms with van der Waals surface area (Å²) in [5.74, 6) is -0.374. The van der Waals surface area contributed by atoms with Gasteiger partial charge in [0, 0.05) is 31.4 Å². The topological polar surface area (TPSA) is 61.4 Å². The molecule has 5 nitrogen and oxygen atoms in total. The molecule has 0 atom stereocenters. The predicted molar refractivity (Wildman–Crippen MR) is 95.7 cm³/mol. The molecule has 0 saturated heterocycles. The van der Waals surface area contributed by atoms with Crippen molar-refractivity contribution in [3.05, 3.63) is 59.7 Å². The molecule has 0 aromatic heterocycles. The highest BCUT2D eigenvalue weighted by Gasteiger charge is 2.25. The molecule has 0 bridgehead atoms. The molecule has 124 valence electrons. The second-order valence-corrected chi connectivity index (χ2v) is 6.19. The highest BCUT2D eigenvalue weighted by molar-refractivity contribution is 6.09. The first kappa shape index (κ1) is 16.1. The molecule has 0 aliphatic heterocycles. The second kappa shape index (κ2) is 6.74. The molecule has 0 unspecified atom stereocenters. The van der Waals surface area contributed by atoms with Gasteiger partial charge in [0.15, 0.2) is 0 Å². The molecule has 1 fully saturated rings. The molecule has 2 aromatic rings. The lowest BCUT2D eigenvalue weighted by molar-refractivity contribution is 0.0952. The average Bonchev–Trinajstić information content (AvgIpc) is 3.39. The average molecular weight is 323 g/mol. The quantitative estimate of drug-likeness (QED) is 0.889. The van der Waals surface area contributed by atoms with Gasteiger partial charge in [0.25, 0.3) is 11.8 Å². The summed E-state index contributed by atoms with van der Waals surface area (Å²) in [5, 5.41) is 5.80. The van der Waals surface area contributed by atoms with Gasteiger partial charge in [0.1, 0.15) is 0 Å². The van der Waals surface area contributed by atoms with Crippen LogP contribution in [-0.2, 0) is 0 Å². The standard InChI is InChI=1S/C19H21N3O2/c1-22(2)15-7-5-6-13(12-15)18(23)21-17-9-4-3-8-16(17)19(24)20-14-10-11-14/h3-9,12,14H,10-11H2,1-2H3,(H,20,24)(H,21,23). The molecule has 0 radical (unpaired) electrons. The van der Waals surface area contributed by atoms with E-state index in [4.69, 9.17) is 0 Å². The van der Waals surface area contributed by atoms with Gasteiger partial charge >= 0.3 is 0 Å². The minimum atomic E-state index is -0.231. The number of nitrogens with zero attached hydrogens (tertiary/aromatic N) is 1. The highest BCUT2D eigenvalue weighted by atomic mass is 16.2. The van der Waals surface area contributed by atoms with Gasteiger partial charge in [-0.3, -0.25) is 9.59 Å². The van der Waals surface area contributed by atoms with Crippen LogP contribution in [0, 0.1) is 0 Å². The van der Waals surface area contributed by atoms with Gasteiger partial charge in [0.05, 0.1) is 11.3 Å². The summed E-state index contributed by atoms with van der Waals surface area (Å²) in [6.07, 6.45) is 2.05. The fraction of sp³-hybridized carbons (Fsp3) is 0.263. The highest BCUT2D eigenvalue weighted by Crippen LogP contribution is 2.22. The maximum Gasteiger partial charge on any atom is 0.255 e. The lowest BCUT2D eigenvalue weighted by Gasteiger charge is -2.14. The van der Waals surface area contributed by atoms with Crippen molar-refractivity contribution in [3.8, 4) is 0 Å². The number of para-hydroxylation sites is 1. The second-order valence-electron chi connectivity index (χ2n) is 6.19. The Labute approximate surface area is 141 Å². The minimum Gasteiger partial charge on any atom is -0.378 e. The van der Waals surface area contributed by atoms with Crippen LogP contribution in [0.3, 0.4) is 0 Å². The number of carbonyl (C=O) groups is 2. The number of hydrogen-bond acceptors (Lipinski definition) is 3. The van der Waals surface area contributed by atoms with Crippen LogP contribution in [0.15, 0.2) is 48.5 Å². The summed E-state index contributed by atoms with van der Waals surface area (Å²) in [6.45, 7) is 0. The van der Waals surface area contributed by atoms with Gasteiger partial charge in [-0.05, 0) is 43.2 Å². The van der Waals surface area contributed by atoms with Gasteiger partial charge in [-0.1, -0.05) is 18.2 Å². The molecule has 24 heavy (non-hydrogen) atoms. The smallest absolute Gasteiger partial charge is 0.255 e. The third-order valence-electron chi connectivity index (χ3n) is 3.96. The fourth-order valence-electron chi connectivity index (χ4n) is 2.40. The van der Waals surface area contributed by atoms with Crippen molar-refractivity contribution in [1.29, 1.82) is 0 Å². The van der Waals surface area contributed by atoms with Crippen LogP contribution in [-0.4, -0.2) is 32.0 Å². The van der Waals surface area contributed by atoms with Crippen molar-refractivity contribution in [3.63, 3.8) is 0 Å². The molecule has 2 aromatic carbocycles. The predicted octanol–water partition coefficient (Wildman–Crippen LogP) is 2.90. The molecule has 0 heterocycles. The molecule has 1 saturated carbocycles. The van der Waals surface area contributed by atoms with E-state index in [1.54, 1.807) is 30.3 Å². The Morgan fingerprint density at radius 3 is 2.46 bits per heavy atom. The molecule has 0 spiro atoms. The Hall–Kier alpha value is -2.82. The van der Waals surface area contributed by atoms with Crippen LogP contribution >= 0.6 is 0 Å². The molecule has 3 rings (SSSR count). The van der Waals surface area contributed by atoms with Crippen molar-refractivity contribution in [2.24, 2.45) is 0 Å².